The van der Waals surface area contributed by atoms with E-state index in [1.54, 1.807) is 0 Å². The molecule has 1 unspecified atom stereocenters. The zero-order valence-electron chi connectivity index (χ0n) is 8.18. The number of hydrogen-bond donors (Lipinski definition) is 0. The van der Waals surface area contributed by atoms with Crippen molar-refractivity contribution in [3.8, 4) is 0 Å². The van der Waals surface area contributed by atoms with Crippen molar-refractivity contribution in [1.82, 2.24) is 4.90 Å². The molecule has 0 aliphatic carbocycles. The van der Waals surface area contributed by atoms with Crippen LogP contribution in [0.25, 0.3) is 0 Å². The largest absolute Gasteiger partial charge is 0.345 e. The summed E-state index contributed by atoms with van der Waals surface area (Å²) in [6, 6.07) is 0. The Morgan fingerprint density at radius 1 is 1.58 bits per heavy atom. The van der Waals surface area contributed by atoms with E-state index < -0.39 is 0 Å². The average Bonchev–Trinajstić information content (AvgIpc) is 2.16. The zero-order valence-corrected chi connectivity index (χ0v) is 8.18. The molecule has 1 heterocycles. The van der Waals surface area contributed by atoms with Gasteiger partial charge in [0.25, 0.3) is 0 Å². The molecule has 12 heavy (non-hydrogen) atoms. The molecule has 0 radical (unpaired) electrons. The molecule has 1 atom stereocenters. The minimum absolute atomic E-state index is 0.327. The highest BCUT2D eigenvalue weighted by atomic mass is 16.2. The lowest BCUT2D eigenvalue weighted by atomic mass is 9.98. The van der Waals surface area contributed by atoms with Crippen molar-refractivity contribution in [3.05, 3.63) is 0 Å². The van der Waals surface area contributed by atoms with Gasteiger partial charge in [-0.15, -0.1) is 0 Å². The van der Waals surface area contributed by atoms with Crippen LogP contribution in [0.15, 0.2) is 0 Å². The van der Waals surface area contributed by atoms with Gasteiger partial charge in [-0.3, -0.25) is 4.79 Å². The first kappa shape index (κ1) is 9.56. The molecule has 2 heteroatoms. The van der Waals surface area contributed by atoms with E-state index in [-0.39, 0.29) is 0 Å². The van der Waals surface area contributed by atoms with Gasteiger partial charge < -0.3 is 4.90 Å². The Labute approximate surface area is 74.9 Å². The van der Waals surface area contributed by atoms with Crippen molar-refractivity contribution in [1.29, 1.82) is 0 Å². The van der Waals surface area contributed by atoms with Crippen molar-refractivity contribution < 1.29 is 4.79 Å². The van der Waals surface area contributed by atoms with E-state index in [0.29, 0.717) is 5.91 Å². The SMILES string of the molecule is CCCC1CCCC(=O)N(C)C1. The number of carbonyl (C=O) groups is 1. The lowest BCUT2D eigenvalue weighted by Crippen LogP contribution is -2.28. The maximum atomic E-state index is 11.3. The second-order valence-corrected chi connectivity index (χ2v) is 3.82. The van der Waals surface area contributed by atoms with Crippen molar-refractivity contribution in [3.63, 3.8) is 0 Å². The molecule has 2 nitrogen and oxygen atoms in total. The van der Waals surface area contributed by atoms with Crippen molar-refractivity contribution in [2.24, 2.45) is 5.92 Å². The summed E-state index contributed by atoms with van der Waals surface area (Å²) in [6.45, 7) is 3.19. The van der Waals surface area contributed by atoms with Gasteiger partial charge in [0.2, 0.25) is 5.91 Å². The third-order valence-corrected chi connectivity index (χ3v) is 2.66. The molecule has 1 aliphatic heterocycles. The average molecular weight is 169 g/mol. The highest BCUT2D eigenvalue weighted by Crippen LogP contribution is 2.20. The van der Waals surface area contributed by atoms with E-state index >= 15 is 0 Å². The molecule has 1 aliphatic rings. The van der Waals surface area contributed by atoms with Crippen LogP contribution in [-0.4, -0.2) is 24.4 Å². The highest BCUT2D eigenvalue weighted by molar-refractivity contribution is 5.76. The second-order valence-electron chi connectivity index (χ2n) is 3.82. The number of carbonyl (C=O) groups excluding carboxylic acids is 1. The normalized spacial score (nSPS) is 25.7. The molecule has 0 bridgehead atoms. The first-order valence-electron chi connectivity index (χ1n) is 4.98. The third-order valence-electron chi connectivity index (χ3n) is 2.66. The summed E-state index contributed by atoms with van der Waals surface area (Å²) >= 11 is 0. The fourth-order valence-electron chi connectivity index (χ4n) is 1.96. The summed E-state index contributed by atoms with van der Waals surface area (Å²) in [4.78, 5) is 13.2. The lowest BCUT2D eigenvalue weighted by Gasteiger charge is -2.19. The van der Waals surface area contributed by atoms with Crippen molar-refractivity contribution in [2.45, 2.75) is 39.0 Å². The van der Waals surface area contributed by atoms with Gasteiger partial charge in [0.15, 0.2) is 0 Å². The predicted molar refractivity (Wildman–Crippen MR) is 49.9 cm³/mol. The Morgan fingerprint density at radius 3 is 3.00 bits per heavy atom. The maximum absolute atomic E-state index is 11.3. The quantitative estimate of drug-likeness (QED) is 0.619. The molecule has 0 aromatic rings. The number of amides is 1. The van der Waals surface area contributed by atoms with Crippen molar-refractivity contribution >= 4 is 5.91 Å². The summed E-state index contributed by atoms with van der Waals surface area (Å²) in [5.41, 5.74) is 0. The Kier molecular flexibility index (Phi) is 3.57. The summed E-state index contributed by atoms with van der Waals surface area (Å²) in [7, 11) is 1.93. The van der Waals surface area contributed by atoms with E-state index in [2.05, 4.69) is 6.92 Å². The van der Waals surface area contributed by atoms with Crippen LogP contribution in [0.2, 0.25) is 0 Å². The predicted octanol–water partition coefficient (Wildman–Crippen LogP) is 2.04. The van der Waals surface area contributed by atoms with Crippen LogP contribution in [0.4, 0.5) is 0 Å². The minimum atomic E-state index is 0.327. The van der Waals surface area contributed by atoms with Crippen LogP contribution in [0.3, 0.4) is 0 Å². The van der Waals surface area contributed by atoms with E-state index in [0.717, 1.165) is 25.3 Å². The fraction of sp³-hybridized carbons (Fsp3) is 0.900. The molecule has 70 valence electrons. The molecule has 1 amide bonds. The lowest BCUT2D eigenvalue weighted by molar-refractivity contribution is -0.129. The summed E-state index contributed by atoms with van der Waals surface area (Å²) in [6.07, 6.45) is 5.61. The monoisotopic (exact) mass is 169 g/mol. The van der Waals surface area contributed by atoms with E-state index in [4.69, 9.17) is 0 Å². The summed E-state index contributed by atoms with van der Waals surface area (Å²) in [5, 5.41) is 0. The highest BCUT2D eigenvalue weighted by Gasteiger charge is 2.19. The Bertz CT molecular complexity index is 156. The topological polar surface area (TPSA) is 20.3 Å². The summed E-state index contributed by atoms with van der Waals surface area (Å²) in [5.74, 6) is 1.08. The number of hydrogen-bond acceptors (Lipinski definition) is 1. The van der Waals surface area contributed by atoms with Gasteiger partial charge in [-0.2, -0.15) is 0 Å². The van der Waals surface area contributed by atoms with Gasteiger partial charge >= 0.3 is 0 Å². The van der Waals surface area contributed by atoms with Crippen LogP contribution < -0.4 is 0 Å². The molecular weight excluding hydrogens is 150 g/mol. The zero-order chi connectivity index (χ0) is 8.97. The molecule has 0 saturated carbocycles. The van der Waals surface area contributed by atoms with E-state index in [1.165, 1.54) is 19.3 Å². The molecule has 0 aromatic heterocycles. The van der Waals surface area contributed by atoms with Crippen LogP contribution in [0.5, 0.6) is 0 Å². The van der Waals surface area contributed by atoms with Crippen LogP contribution in [0, 0.1) is 5.92 Å². The van der Waals surface area contributed by atoms with Gasteiger partial charge in [0.1, 0.15) is 0 Å². The fourth-order valence-corrected chi connectivity index (χ4v) is 1.96. The van der Waals surface area contributed by atoms with Crippen LogP contribution in [0.1, 0.15) is 39.0 Å². The summed E-state index contributed by atoms with van der Waals surface area (Å²) < 4.78 is 0. The molecule has 1 rings (SSSR count). The molecule has 0 aromatic carbocycles. The standard InChI is InChI=1S/C10H19NO/c1-3-5-9-6-4-7-10(12)11(2)8-9/h9H,3-8H2,1-2H3. The van der Waals surface area contributed by atoms with Gasteiger partial charge in [-0.25, -0.2) is 0 Å². The Hall–Kier alpha value is -0.530. The Balaban J connectivity index is 2.42. The molecule has 0 spiro atoms. The van der Waals surface area contributed by atoms with Gasteiger partial charge in [0.05, 0.1) is 0 Å². The molecule has 1 saturated heterocycles. The molecule has 0 N–H and O–H groups in total. The van der Waals surface area contributed by atoms with Gasteiger partial charge in [-0.1, -0.05) is 13.3 Å². The number of likely N-dealkylation sites (tertiary alicyclic amines) is 1. The van der Waals surface area contributed by atoms with E-state index in [9.17, 15) is 4.79 Å². The number of rotatable bonds is 2. The smallest absolute Gasteiger partial charge is 0.222 e. The minimum Gasteiger partial charge on any atom is -0.345 e. The molecular formula is C10H19NO. The van der Waals surface area contributed by atoms with Crippen LogP contribution in [-0.2, 0) is 4.79 Å². The first-order valence-corrected chi connectivity index (χ1v) is 4.98. The van der Waals surface area contributed by atoms with Crippen molar-refractivity contribution in [2.75, 3.05) is 13.6 Å². The van der Waals surface area contributed by atoms with Crippen LogP contribution >= 0.6 is 0 Å². The maximum Gasteiger partial charge on any atom is 0.222 e. The second kappa shape index (κ2) is 4.48. The first-order chi connectivity index (χ1) is 5.74. The third kappa shape index (κ3) is 2.50. The number of nitrogens with zero attached hydrogens (tertiary/aromatic N) is 1. The van der Waals surface area contributed by atoms with Gasteiger partial charge in [0, 0.05) is 20.0 Å². The Morgan fingerprint density at radius 2 is 2.33 bits per heavy atom. The van der Waals surface area contributed by atoms with Gasteiger partial charge in [-0.05, 0) is 25.2 Å². The van der Waals surface area contributed by atoms with E-state index in [1.807, 2.05) is 11.9 Å². The molecule has 1 fully saturated rings.